The van der Waals surface area contributed by atoms with Crippen LogP contribution in [0, 0.1) is 0 Å². The maximum absolute atomic E-state index is 13.8. The van der Waals surface area contributed by atoms with Crippen molar-refractivity contribution in [1.82, 2.24) is 9.97 Å². The number of furan rings is 1. The summed E-state index contributed by atoms with van der Waals surface area (Å²) in [4.78, 5) is 36.0. The molecule has 0 aliphatic carbocycles. The molecule has 1 unspecified atom stereocenters. The van der Waals surface area contributed by atoms with Crippen LogP contribution in [0.1, 0.15) is 22.2 Å². The number of para-hydroxylation sites is 3. The number of aliphatic hydroxyl groups excluding tert-OH is 1. The van der Waals surface area contributed by atoms with Crippen LogP contribution in [-0.4, -0.2) is 39.0 Å². The first kappa shape index (κ1) is 21.5. The molecule has 0 saturated heterocycles. The molecule has 1 aliphatic heterocycles. The van der Waals surface area contributed by atoms with Crippen LogP contribution in [0.25, 0.3) is 22.0 Å². The van der Waals surface area contributed by atoms with E-state index in [1.54, 1.807) is 42.5 Å². The molecule has 0 spiro atoms. The summed E-state index contributed by atoms with van der Waals surface area (Å²) in [6.07, 6.45) is 0. The second-order valence-electron chi connectivity index (χ2n) is 8.33. The first-order chi connectivity index (χ1) is 17.5. The molecule has 3 aromatic carbocycles. The molecule has 9 nitrogen and oxygen atoms in total. The third-order valence-corrected chi connectivity index (χ3v) is 6.22. The van der Waals surface area contributed by atoms with Crippen molar-refractivity contribution in [3.8, 4) is 11.5 Å². The molecule has 3 N–H and O–H groups in total. The Morgan fingerprint density at radius 3 is 2.58 bits per heavy atom. The number of benzene rings is 3. The molecule has 0 radical (unpaired) electrons. The van der Waals surface area contributed by atoms with Crippen molar-refractivity contribution in [3.05, 3.63) is 95.5 Å². The molecule has 0 saturated carbocycles. The number of aliphatic hydroxyl groups is 1. The summed E-state index contributed by atoms with van der Waals surface area (Å²) < 4.78 is 11.2. The molecule has 178 valence electrons. The molecular weight excluding hydrogens is 462 g/mol. The minimum atomic E-state index is -1.03. The van der Waals surface area contributed by atoms with E-state index in [1.807, 2.05) is 18.2 Å². The zero-order valence-electron chi connectivity index (χ0n) is 18.9. The molecule has 6 rings (SSSR count). The third-order valence-electron chi connectivity index (χ3n) is 6.22. The average Bonchev–Trinajstić information content (AvgIpc) is 3.58. The predicted octanol–water partition coefficient (Wildman–Crippen LogP) is 4.81. The Balaban J connectivity index is 1.51. The lowest BCUT2D eigenvalue weighted by molar-refractivity contribution is -0.117. The number of aromatic amines is 1. The number of nitrogens with zero attached hydrogens (tertiary/aromatic N) is 2. The monoisotopic (exact) mass is 481 g/mol. The molecule has 3 heterocycles. The van der Waals surface area contributed by atoms with Crippen molar-refractivity contribution in [2.24, 2.45) is 0 Å². The molecule has 1 aliphatic rings. The maximum atomic E-state index is 13.8. The molecule has 1 atom stereocenters. The summed E-state index contributed by atoms with van der Waals surface area (Å²) in [5.74, 6) is -1.57. The topological polar surface area (TPSA) is 129 Å². The van der Waals surface area contributed by atoms with Gasteiger partial charge in [-0.1, -0.05) is 36.4 Å². The molecule has 5 aromatic rings. The molecule has 36 heavy (non-hydrogen) atoms. The van der Waals surface area contributed by atoms with E-state index in [4.69, 9.17) is 9.15 Å². The molecule has 9 heteroatoms. The highest BCUT2D eigenvalue weighted by Gasteiger charge is 2.46. The minimum absolute atomic E-state index is 0.0174. The van der Waals surface area contributed by atoms with Crippen LogP contribution in [-0.2, 0) is 4.79 Å². The van der Waals surface area contributed by atoms with Crippen molar-refractivity contribution < 1.29 is 29.0 Å². The van der Waals surface area contributed by atoms with Crippen molar-refractivity contribution in [2.45, 2.75) is 6.04 Å². The zero-order chi connectivity index (χ0) is 25.0. The number of aromatic hydroxyl groups is 1. The number of rotatable bonds is 5. The Morgan fingerprint density at radius 2 is 1.83 bits per heavy atom. The molecule has 0 fully saturated rings. The molecule has 1 amide bonds. The van der Waals surface area contributed by atoms with Gasteiger partial charge in [0.05, 0.1) is 29.8 Å². The van der Waals surface area contributed by atoms with Gasteiger partial charge < -0.3 is 24.4 Å². The average molecular weight is 481 g/mol. The van der Waals surface area contributed by atoms with Gasteiger partial charge in [-0.25, -0.2) is 4.98 Å². The van der Waals surface area contributed by atoms with E-state index in [0.29, 0.717) is 33.3 Å². The highest BCUT2D eigenvalue weighted by molar-refractivity contribution is 6.20. The van der Waals surface area contributed by atoms with E-state index in [2.05, 4.69) is 9.97 Å². The Morgan fingerprint density at radius 1 is 1.06 bits per heavy atom. The van der Waals surface area contributed by atoms with E-state index in [-0.39, 0.29) is 23.0 Å². The van der Waals surface area contributed by atoms with E-state index in [1.165, 1.54) is 24.1 Å². The number of ketones is 1. The van der Waals surface area contributed by atoms with Crippen LogP contribution in [0.15, 0.2) is 88.5 Å². The molecular formula is C27H19N3O6. The van der Waals surface area contributed by atoms with Crippen LogP contribution in [0.2, 0.25) is 0 Å². The van der Waals surface area contributed by atoms with Gasteiger partial charge in [-0.05, 0) is 42.0 Å². The Kier molecular flexibility index (Phi) is 4.78. The number of carbonyl (C=O) groups excluding carboxylic acids is 2. The van der Waals surface area contributed by atoms with Crippen LogP contribution in [0.3, 0.4) is 0 Å². The third kappa shape index (κ3) is 3.21. The summed E-state index contributed by atoms with van der Waals surface area (Å²) in [6.45, 7) is 0. The number of hydrogen-bond donors (Lipinski definition) is 3. The normalized spacial score (nSPS) is 15.9. The number of imidazole rings is 1. The SMILES string of the molecule is COc1cccc2cc(C(=O)C3=C(O)C(=O)N(c4nc5ccccc5[nH]4)C3c3ccc(O)cc3)oc12. The number of fused-ring (bicyclic) bond motifs is 2. The van der Waals surface area contributed by atoms with E-state index in [0.717, 1.165) is 0 Å². The lowest BCUT2D eigenvalue weighted by Crippen LogP contribution is -2.32. The van der Waals surface area contributed by atoms with Gasteiger partial charge in [-0.15, -0.1) is 0 Å². The first-order valence-corrected chi connectivity index (χ1v) is 11.1. The van der Waals surface area contributed by atoms with Crippen LogP contribution < -0.4 is 9.64 Å². The number of hydrogen-bond acceptors (Lipinski definition) is 7. The number of aromatic nitrogens is 2. The largest absolute Gasteiger partial charge is 0.508 e. The second kappa shape index (κ2) is 8.02. The van der Waals surface area contributed by atoms with Gasteiger partial charge in [0.1, 0.15) is 5.75 Å². The zero-order valence-corrected chi connectivity index (χ0v) is 18.9. The van der Waals surface area contributed by atoms with E-state index < -0.39 is 23.5 Å². The van der Waals surface area contributed by atoms with Crippen LogP contribution in [0.5, 0.6) is 11.5 Å². The number of phenolic OH excluding ortho intramolecular Hbond substituents is 1. The van der Waals surface area contributed by atoms with Gasteiger partial charge in [0, 0.05) is 5.39 Å². The minimum Gasteiger partial charge on any atom is -0.508 e. The predicted molar refractivity (Wildman–Crippen MR) is 131 cm³/mol. The number of amides is 1. The Labute approximate surface area is 203 Å². The highest BCUT2D eigenvalue weighted by atomic mass is 16.5. The maximum Gasteiger partial charge on any atom is 0.296 e. The van der Waals surface area contributed by atoms with Gasteiger partial charge >= 0.3 is 0 Å². The number of H-pyrrole nitrogens is 1. The van der Waals surface area contributed by atoms with Gasteiger partial charge in [0.2, 0.25) is 11.7 Å². The fourth-order valence-corrected chi connectivity index (χ4v) is 4.52. The lowest BCUT2D eigenvalue weighted by Gasteiger charge is -2.24. The number of carbonyl (C=O) groups is 2. The van der Waals surface area contributed by atoms with Gasteiger partial charge in [-0.3, -0.25) is 14.5 Å². The van der Waals surface area contributed by atoms with Crippen molar-refractivity contribution in [2.75, 3.05) is 12.0 Å². The Bertz CT molecular complexity index is 1660. The first-order valence-electron chi connectivity index (χ1n) is 11.1. The lowest BCUT2D eigenvalue weighted by atomic mass is 9.95. The summed E-state index contributed by atoms with van der Waals surface area (Å²) >= 11 is 0. The quantitative estimate of drug-likeness (QED) is 0.307. The van der Waals surface area contributed by atoms with Gasteiger partial charge in [0.25, 0.3) is 5.91 Å². The van der Waals surface area contributed by atoms with E-state index in [9.17, 15) is 19.8 Å². The smallest absolute Gasteiger partial charge is 0.296 e. The van der Waals surface area contributed by atoms with Crippen molar-refractivity contribution in [1.29, 1.82) is 0 Å². The standard InChI is InChI=1S/C27H19N3O6/c1-35-19-8-4-5-15-13-20(36-25(15)19)23(32)21-22(14-9-11-16(31)12-10-14)30(26(34)24(21)33)27-28-17-6-2-3-7-18(17)29-27/h2-13,22,31,33H,1H3,(H,28,29). The van der Waals surface area contributed by atoms with Gasteiger partial charge in [-0.2, -0.15) is 0 Å². The summed E-state index contributed by atoms with van der Waals surface area (Å²) in [7, 11) is 1.49. The number of methoxy groups -OCH3 is 1. The fourth-order valence-electron chi connectivity index (χ4n) is 4.52. The van der Waals surface area contributed by atoms with Crippen molar-refractivity contribution >= 4 is 39.6 Å². The molecule has 0 bridgehead atoms. The summed E-state index contributed by atoms with van der Waals surface area (Å²) in [6, 6.07) is 19.0. The van der Waals surface area contributed by atoms with Crippen molar-refractivity contribution in [3.63, 3.8) is 0 Å². The fraction of sp³-hybridized carbons (Fsp3) is 0.0741. The van der Waals surface area contributed by atoms with Crippen LogP contribution in [0.4, 0.5) is 5.95 Å². The summed E-state index contributed by atoms with van der Waals surface area (Å²) in [5, 5.41) is 21.4. The number of anilines is 1. The van der Waals surface area contributed by atoms with Gasteiger partial charge in [0.15, 0.2) is 22.9 Å². The number of nitrogens with one attached hydrogen (secondary N) is 1. The molecule has 2 aromatic heterocycles. The number of ether oxygens (including phenoxy) is 1. The number of phenols is 1. The summed E-state index contributed by atoms with van der Waals surface area (Å²) in [5.41, 5.74) is 2.01. The van der Waals surface area contributed by atoms with E-state index >= 15 is 0 Å². The number of Topliss-reactive ketones (excluding diaryl/α,β-unsaturated/α-hetero) is 1. The van der Waals surface area contributed by atoms with Crippen LogP contribution >= 0.6 is 0 Å². The highest BCUT2D eigenvalue weighted by Crippen LogP contribution is 2.42. The second-order valence-corrected chi connectivity index (χ2v) is 8.33. The Hall–Kier alpha value is -5.05.